The fraction of sp³-hybridized carbons (Fsp3) is 0.680. The number of rotatable bonds is 8. The van der Waals surface area contributed by atoms with Gasteiger partial charge in [-0.25, -0.2) is 4.39 Å². The summed E-state index contributed by atoms with van der Waals surface area (Å²) >= 11 is 0. The van der Waals surface area contributed by atoms with Crippen molar-refractivity contribution in [3.05, 3.63) is 42.2 Å². The Labute approximate surface area is 173 Å². The minimum atomic E-state index is -3.33. The summed E-state index contributed by atoms with van der Waals surface area (Å²) in [6.07, 6.45) is 8.30. The summed E-state index contributed by atoms with van der Waals surface area (Å²) in [5.41, 5.74) is 0.883. The maximum Gasteiger partial charge on any atom is 0.397 e. The number of ether oxygens (including phenoxy) is 1. The van der Waals surface area contributed by atoms with Crippen LogP contribution in [-0.2, 0) is 0 Å². The first kappa shape index (κ1) is 22.2. The van der Waals surface area contributed by atoms with E-state index >= 15 is 0 Å². The van der Waals surface area contributed by atoms with Gasteiger partial charge in [0.2, 0.25) is 0 Å². The molecule has 0 aliphatic heterocycles. The molecular weight excluding hydrogens is 373 g/mol. The van der Waals surface area contributed by atoms with Crippen LogP contribution in [0.5, 0.6) is 5.75 Å². The molecule has 1 aromatic carbocycles. The van der Waals surface area contributed by atoms with Gasteiger partial charge in [-0.3, -0.25) is 0 Å². The Bertz CT molecular complexity index is 656. The minimum absolute atomic E-state index is 0.286. The number of hydrogen-bond donors (Lipinski definition) is 0. The molecule has 29 heavy (non-hydrogen) atoms. The van der Waals surface area contributed by atoms with Crippen molar-refractivity contribution in [1.82, 2.24) is 0 Å². The van der Waals surface area contributed by atoms with Gasteiger partial charge in [-0.1, -0.05) is 51.2 Å². The molecule has 162 valence electrons. The molecule has 2 saturated carbocycles. The van der Waals surface area contributed by atoms with Crippen molar-refractivity contribution in [2.75, 3.05) is 0 Å². The second-order valence-corrected chi connectivity index (χ2v) is 9.11. The van der Waals surface area contributed by atoms with E-state index in [1.54, 1.807) is 6.07 Å². The lowest BCUT2D eigenvalue weighted by Crippen LogP contribution is -2.27. The van der Waals surface area contributed by atoms with Crippen LogP contribution in [0.1, 0.15) is 89.0 Å². The van der Waals surface area contributed by atoms with Crippen molar-refractivity contribution >= 4 is 0 Å². The van der Waals surface area contributed by atoms with E-state index in [1.165, 1.54) is 18.6 Å². The van der Waals surface area contributed by atoms with Crippen molar-refractivity contribution in [1.29, 1.82) is 0 Å². The maximum absolute atomic E-state index is 14.5. The van der Waals surface area contributed by atoms with Gasteiger partial charge in [-0.05, 0) is 73.5 Å². The Balaban J connectivity index is 1.51. The molecule has 0 N–H and O–H groups in total. The summed E-state index contributed by atoms with van der Waals surface area (Å²) in [4.78, 5) is 0. The summed E-state index contributed by atoms with van der Waals surface area (Å²) in [6, 6.07) is 4.51. The van der Waals surface area contributed by atoms with E-state index in [4.69, 9.17) is 4.74 Å². The van der Waals surface area contributed by atoms with Crippen LogP contribution in [-0.4, -0.2) is 6.11 Å². The zero-order valence-corrected chi connectivity index (χ0v) is 17.6. The van der Waals surface area contributed by atoms with Crippen molar-refractivity contribution in [2.24, 2.45) is 17.8 Å². The average Bonchev–Trinajstić information content (AvgIpc) is 2.74. The summed E-state index contributed by atoms with van der Waals surface area (Å²) in [5, 5.41) is 0. The average molecular weight is 409 g/mol. The number of halogens is 3. The summed E-state index contributed by atoms with van der Waals surface area (Å²) in [6.45, 7) is 6.04. The van der Waals surface area contributed by atoms with Gasteiger partial charge >= 0.3 is 6.11 Å². The second kappa shape index (κ2) is 10.0. The van der Waals surface area contributed by atoms with Crippen molar-refractivity contribution in [3.8, 4) is 5.75 Å². The number of allylic oxidation sites excluding steroid dienone is 1. The molecule has 0 bridgehead atoms. The highest BCUT2D eigenvalue weighted by molar-refractivity contribution is 5.32. The largest absolute Gasteiger partial charge is 0.429 e. The van der Waals surface area contributed by atoms with Crippen molar-refractivity contribution in [3.63, 3.8) is 0 Å². The van der Waals surface area contributed by atoms with E-state index in [0.717, 1.165) is 62.8 Å². The lowest BCUT2D eigenvalue weighted by Gasteiger charge is -2.29. The predicted molar refractivity (Wildman–Crippen MR) is 112 cm³/mol. The quantitative estimate of drug-likeness (QED) is 0.393. The first-order chi connectivity index (χ1) is 13.9. The van der Waals surface area contributed by atoms with E-state index in [0.29, 0.717) is 18.3 Å². The van der Waals surface area contributed by atoms with Crippen LogP contribution in [0, 0.1) is 23.6 Å². The zero-order chi connectivity index (χ0) is 20.9. The second-order valence-electron chi connectivity index (χ2n) is 9.11. The van der Waals surface area contributed by atoms with Crippen LogP contribution in [0.15, 0.2) is 30.9 Å². The molecule has 0 amide bonds. The molecule has 2 aliphatic rings. The SMILES string of the molecule is C=CC1CCC(c2ccc(OC(F)(F)CCC3CCC(CC)CC3)c(F)c2)CC1. The molecule has 0 saturated heterocycles. The zero-order valence-electron chi connectivity index (χ0n) is 17.6. The molecule has 1 aromatic rings. The lowest BCUT2D eigenvalue weighted by molar-refractivity contribution is -0.184. The van der Waals surface area contributed by atoms with Gasteiger partial charge in [0.25, 0.3) is 0 Å². The maximum atomic E-state index is 14.5. The van der Waals surface area contributed by atoms with Gasteiger partial charge in [0, 0.05) is 0 Å². The highest BCUT2D eigenvalue weighted by Crippen LogP contribution is 2.39. The molecule has 4 heteroatoms. The van der Waals surface area contributed by atoms with E-state index in [9.17, 15) is 13.2 Å². The lowest BCUT2D eigenvalue weighted by atomic mass is 9.79. The molecule has 2 aliphatic carbocycles. The molecule has 0 radical (unpaired) electrons. The Kier molecular flexibility index (Phi) is 7.70. The van der Waals surface area contributed by atoms with Gasteiger partial charge in [0.05, 0.1) is 6.42 Å². The smallest absolute Gasteiger partial charge is 0.397 e. The molecule has 1 nitrogen and oxygen atoms in total. The van der Waals surface area contributed by atoms with Crippen LogP contribution in [0.3, 0.4) is 0 Å². The van der Waals surface area contributed by atoms with Gasteiger partial charge in [-0.2, -0.15) is 8.78 Å². The molecule has 0 heterocycles. The first-order valence-corrected chi connectivity index (χ1v) is 11.4. The number of alkyl halides is 2. The van der Waals surface area contributed by atoms with E-state index in [1.807, 2.05) is 6.08 Å². The third-order valence-corrected chi connectivity index (χ3v) is 7.18. The van der Waals surface area contributed by atoms with Gasteiger partial charge in [0.15, 0.2) is 11.6 Å². The van der Waals surface area contributed by atoms with E-state index in [-0.39, 0.29) is 18.1 Å². The van der Waals surface area contributed by atoms with E-state index in [2.05, 4.69) is 13.5 Å². The highest BCUT2D eigenvalue weighted by atomic mass is 19.3. The summed E-state index contributed by atoms with van der Waals surface area (Å²) in [5.74, 6) is 0.889. The molecule has 0 aromatic heterocycles. The molecule has 0 spiro atoms. The molecule has 2 fully saturated rings. The fourth-order valence-electron chi connectivity index (χ4n) is 5.05. The first-order valence-electron chi connectivity index (χ1n) is 11.4. The molecule has 0 atom stereocenters. The Morgan fingerprint density at radius 1 is 1.03 bits per heavy atom. The number of benzene rings is 1. The van der Waals surface area contributed by atoms with Gasteiger partial charge < -0.3 is 4.74 Å². The predicted octanol–water partition coefficient (Wildman–Crippen LogP) is 8.25. The Morgan fingerprint density at radius 2 is 1.69 bits per heavy atom. The monoisotopic (exact) mass is 408 g/mol. The third kappa shape index (κ3) is 6.26. The Morgan fingerprint density at radius 3 is 2.28 bits per heavy atom. The minimum Gasteiger partial charge on any atom is -0.429 e. The third-order valence-electron chi connectivity index (χ3n) is 7.18. The standard InChI is InChI=1S/C25H35F3O/c1-3-18-5-7-20(8-6-18)15-16-25(27,28)29-24-14-13-22(17-23(24)26)21-11-9-19(4-2)10-12-21/h4,13-14,17-21H,2-3,5-12,15-16H2,1H3. The summed E-state index contributed by atoms with van der Waals surface area (Å²) in [7, 11) is 0. The molecule has 3 rings (SSSR count). The fourth-order valence-corrected chi connectivity index (χ4v) is 5.05. The topological polar surface area (TPSA) is 9.23 Å². The normalized spacial score (nSPS) is 28.1. The summed E-state index contributed by atoms with van der Waals surface area (Å²) < 4.78 is 48.0. The van der Waals surface area contributed by atoms with E-state index < -0.39 is 11.9 Å². The van der Waals surface area contributed by atoms with Crippen LogP contribution in [0.2, 0.25) is 0 Å². The highest BCUT2D eigenvalue weighted by Gasteiger charge is 2.34. The Hall–Kier alpha value is -1.45. The van der Waals surface area contributed by atoms with Crippen LogP contribution in [0.25, 0.3) is 0 Å². The number of hydrogen-bond acceptors (Lipinski definition) is 1. The van der Waals surface area contributed by atoms with Gasteiger partial charge in [0.1, 0.15) is 0 Å². The molecular formula is C25H35F3O. The van der Waals surface area contributed by atoms with Crippen LogP contribution >= 0.6 is 0 Å². The van der Waals surface area contributed by atoms with Crippen molar-refractivity contribution in [2.45, 2.75) is 89.6 Å². The van der Waals surface area contributed by atoms with Crippen LogP contribution in [0.4, 0.5) is 13.2 Å². The molecule has 0 unspecified atom stereocenters. The van der Waals surface area contributed by atoms with Crippen LogP contribution < -0.4 is 4.74 Å². The van der Waals surface area contributed by atoms with Crippen molar-refractivity contribution < 1.29 is 17.9 Å². The van der Waals surface area contributed by atoms with Gasteiger partial charge in [-0.15, -0.1) is 6.58 Å².